The molecule has 2 nitrogen and oxygen atoms in total. The van der Waals surface area contributed by atoms with E-state index in [2.05, 4.69) is 77.9 Å². The Hall–Kier alpha value is -2.61. The molecule has 0 amide bonds. The molecule has 0 bridgehead atoms. The van der Waals surface area contributed by atoms with Crippen molar-refractivity contribution in [3.8, 4) is 0 Å². The summed E-state index contributed by atoms with van der Waals surface area (Å²) in [5.74, 6) is 1.07. The molecule has 1 aliphatic heterocycles. The molecule has 0 spiro atoms. The van der Waals surface area contributed by atoms with Crippen LogP contribution in [0.1, 0.15) is 28.7 Å². The summed E-state index contributed by atoms with van der Waals surface area (Å²) >= 11 is 0. The molecule has 0 saturated heterocycles. The molecule has 0 atom stereocenters. The largest absolute Gasteiger partial charge is 0.370 e. The third kappa shape index (κ3) is 3.30. The summed E-state index contributed by atoms with van der Waals surface area (Å²) in [6, 6.07) is 21.9. The maximum Gasteiger partial charge on any atom is 0.128 e. The normalized spacial score (nSPS) is 14.2. The van der Waals surface area contributed by atoms with Gasteiger partial charge in [-0.3, -0.25) is 4.99 Å². The number of hydrogen-bond acceptors (Lipinski definition) is 2. The minimum Gasteiger partial charge on any atom is -0.370 e. The first-order valence-corrected chi connectivity index (χ1v) is 9.17. The maximum absolute atomic E-state index is 4.69. The monoisotopic (exact) mass is 328 g/mol. The van der Waals surface area contributed by atoms with Crippen molar-refractivity contribution in [2.75, 3.05) is 13.1 Å². The summed E-state index contributed by atoms with van der Waals surface area (Å²) in [6.07, 6.45) is 3.21. The number of aliphatic imine (C=N–C) groups is 1. The van der Waals surface area contributed by atoms with Crippen molar-refractivity contribution < 1.29 is 0 Å². The lowest BCUT2D eigenvalue weighted by Gasteiger charge is -2.18. The van der Waals surface area contributed by atoms with Gasteiger partial charge in [0.05, 0.1) is 0 Å². The van der Waals surface area contributed by atoms with Gasteiger partial charge in [-0.2, -0.15) is 0 Å². The van der Waals surface area contributed by atoms with Crippen LogP contribution in [0.4, 0.5) is 0 Å². The van der Waals surface area contributed by atoms with Crippen molar-refractivity contribution in [3.63, 3.8) is 0 Å². The fraction of sp³-hybridized carbons (Fsp3) is 0.261. The van der Waals surface area contributed by atoms with Crippen LogP contribution in [0.2, 0.25) is 0 Å². The van der Waals surface area contributed by atoms with E-state index < -0.39 is 0 Å². The van der Waals surface area contributed by atoms with Crippen LogP contribution in [-0.4, -0.2) is 18.9 Å². The zero-order valence-electron chi connectivity index (χ0n) is 14.8. The van der Waals surface area contributed by atoms with Gasteiger partial charge in [0, 0.05) is 18.7 Å². The van der Waals surface area contributed by atoms with Gasteiger partial charge in [0.15, 0.2) is 0 Å². The summed E-state index contributed by atoms with van der Waals surface area (Å²) in [5.41, 5.74) is 5.49. The summed E-state index contributed by atoms with van der Waals surface area (Å²) in [4.78, 5) is 4.69. The number of aryl methyl sites for hydroxylation is 3. The molecule has 1 N–H and O–H groups in total. The summed E-state index contributed by atoms with van der Waals surface area (Å²) in [6.45, 7) is 4.18. The second-order valence-electron chi connectivity index (χ2n) is 6.75. The van der Waals surface area contributed by atoms with Crippen LogP contribution in [0.25, 0.3) is 10.8 Å². The van der Waals surface area contributed by atoms with Gasteiger partial charge in [-0.05, 0) is 53.6 Å². The Kier molecular flexibility index (Phi) is 4.51. The highest BCUT2D eigenvalue weighted by Gasteiger charge is 2.12. The Morgan fingerprint density at radius 3 is 2.64 bits per heavy atom. The standard InChI is InChI=1S/C23H24N2/c1-17-11-12-18-7-2-4-9-21(18)20(17)14-13-19-8-3-5-10-22(19)23-24-15-6-16-25-23/h2-5,7-12H,6,13-16H2,1H3,(H,24,25). The van der Waals surface area contributed by atoms with Gasteiger partial charge in [-0.25, -0.2) is 0 Å². The quantitative estimate of drug-likeness (QED) is 0.739. The first-order chi connectivity index (χ1) is 12.3. The average molecular weight is 328 g/mol. The Morgan fingerprint density at radius 2 is 1.76 bits per heavy atom. The maximum atomic E-state index is 4.69. The van der Waals surface area contributed by atoms with Crippen molar-refractivity contribution >= 4 is 16.6 Å². The highest BCUT2D eigenvalue weighted by atomic mass is 15.0. The number of nitrogens with zero attached hydrogens (tertiary/aromatic N) is 1. The SMILES string of the molecule is Cc1ccc2ccccc2c1CCc1ccccc1C1=NCCCN1. The third-order valence-corrected chi connectivity index (χ3v) is 5.09. The van der Waals surface area contributed by atoms with Crippen molar-refractivity contribution in [2.24, 2.45) is 4.99 Å². The zero-order chi connectivity index (χ0) is 17.1. The van der Waals surface area contributed by atoms with Crippen LogP contribution in [0.15, 0.2) is 65.7 Å². The molecular weight excluding hydrogens is 304 g/mol. The Labute approximate surface area is 149 Å². The van der Waals surface area contributed by atoms with Crippen LogP contribution < -0.4 is 5.32 Å². The molecule has 1 heterocycles. The summed E-state index contributed by atoms with van der Waals surface area (Å²) < 4.78 is 0. The topological polar surface area (TPSA) is 24.4 Å². The van der Waals surface area contributed by atoms with Crippen LogP contribution in [-0.2, 0) is 12.8 Å². The van der Waals surface area contributed by atoms with Crippen molar-refractivity contribution in [2.45, 2.75) is 26.2 Å². The molecule has 2 heteroatoms. The molecule has 0 aliphatic carbocycles. The van der Waals surface area contributed by atoms with E-state index >= 15 is 0 Å². The molecule has 3 aromatic carbocycles. The molecule has 0 unspecified atom stereocenters. The highest BCUT2D eigenvalue weighted by Crippen LogP contribution is 2.24. The van der Waals surface area contributed by atoms with Crippen molar-refractivity contribution in [1.29, 1.82) is 0 Å². The first kappa shape index (κ1) is 15.9. The van der Waals surface area contributed by atoms with Gasteiger partial charge in [0.1, 0.15) is 5.84 Å². The van der Waals surface area contributed by atoms with E-state index in [1.54, 1.807) is 0 Å². The lowest BCUT2D eigenvalue weighted by atomic mass is 9.93. The average Bonchev–Trinajstić information content (AvgIpc) is 2.68. The molecule has 1 aliphatic rings. The van der Waals surface area contributed by atoms with E-state index in [0.29, 0.717) is 0 Å². The van der Waals surface area contributed by atoms with Crippen molar-refractivity contribution in [1.82, 2.24) is 5.32 Å². The van der Waals surface area contributed by atoms with Gasteiger partial charge in [0.2, 0.25) is 0 Å². The number of fused-ring (bicyclic) bond motifs is 1. The van der Waals surface area contributed by atoms with Gasteiger partial charge < -0.3 is 5.32 Å². The smallest absolute Gasteiger partial charge is 0.128 e. The first-order valence-electron chi connectivity index (χ1n) is 9.17. The predicted molar refractivity (Wildman–Crippen MR) is 107 cm³/mol. The number of rotatable bonds is 4. The number of nitrogens with one attached hydrogen (secondary N) is 1. The predicted octanol–water partition coefficient (Wildman–Crippen LogP) is 4.67. The molecule has 0 aromatic heterocycles. The lowest BCUT2D eigenvalue weighted by molar-refractivity contribution is 0.741. The van der Waals surface area contributed by atoms with Gasteiger partial charge in [-0.15, -0.1) is 0 Å². The van der Waals surface area contributed by atoms with Crippen LogP contribution in [0.3, 0.4) is 0 Å². The van der Waals surface area contributed by atoms with E-state index in [4.69, 9.17) is 0 Å². The van der Waals surface area contributed by atoms with E-state index in [1.165, 1.54) is 33.0 Å². The molecule has 0 saturated carbocycles. The Morgan fingerprint density at radius 1 is 0.920 bits per heavy atom. The van der Waals surface area contributed by atoms with Gasteiger partial charge in [-0.1, -0.05) is 60.7 Å². The van der Waals surface area contributed by atoms with E-state index in [-0.39, 0.29) is 0 Å². The molecule has 0 radical (unpaired) electrons. The number of benzene rings is 3. The molecule has 126 valence electrons. The highest BCUT2D eigenvalue weighted by molar-refractivity contribution is 6.00. The van der Waals surface area contributed by atoms with E-state index in [0.717, 1.165) is 38.2 Å². The Bertz CT molecular complexity index is 924. The molecule has 4 rings (SSSR count). The lowest BCUT2D eigenvalue weighted by Crippen LogP contribution is -2.31. The zero-order valence-corrected chi connectivity index (χ0v) is 14.8. The summed E-state index contributed by atoms with van der Waals surface area (Å²) in [5, 5.41) is 6.18. The van der Waals surface area contributed by atoms with Crippen LogP contribution in [0, 0.1) is 6.92 Å². The number of amidine groups is 1. The molecule has 0 fully saturated rings. The molecule has 3 aromatic rings. The molecular formula is C23H24N2. The number of hydrogen-bond donors (Lipinski definition) is 1. The van der Waals surface area contributed by atoms with E-state index in [9.17, 15) is 0 Å². The van der Waals surface area contributed by atoms with E-state index in [1.807, 2.05) is 0 Å². The third-order valence-electron chi connectivity index (χ3n) is 5.09. The molecule has 25 heavy (non-hydrogen) atoms. The van der Waals surface area contributed by atoms with Crippen molar-refractivity contribution in [3.05, 3.63) is 82.9 Å². The fourth-order valence-electron chi connectivity index (χ4n) is 3.72. The van der Waals surface area contributed by atoms with Crippen LogP contribution in [0.5, 0.6) is 0 Å². The Balaban J connectivity index is 1.65. The van der Waals surface area contributed by atoms with Gasteiger partial charge in [0.25, 0.3) is 0 Å². The second kappa shape index (κ2) is 7.10. The minimum atomic E-state index is 0.930. The van der Waals surface area contributed by atoms with Gasteiger partial charge >= 0.3 is 0 Å². The van der Waals surface area contributed by atoms with Crippen LogP contribution >= 0.6 is 0 Å². The summed E-state index contributed by atoms with van der Waals surface area (Å²) in [7, 11) is 0. The fourth-order valence-corrected chi connectivity index (χ4v) is 3.72. The second-order valence-corrected chi connectivity index (χ2v) is 6.75. The minimum absolute atomic E-state index is 0.930.